The number of carbonyl (C=O) groups excluding carboxylic acids is 1. The van der Waals surface area contributed by atoms with E-state index < -0.39 is 0 Å². The van der Waals surface area contributed by atoms with Crippen LogP contribution >= 0.6 is 0 Å². The van der Waals surface area contributed by atoms with E-state index in [1.54, 1.807) is 6.26 Å². The highest BCUT2D eigenvalue weighted by molar-refractivity contribution is 5.94. The molecule has 1 amide bonds. The molecule has 3 heterocycles. The molecule has 1 aliphatic heterocycles. The van der Waals surface area contributed by atoms with Crippen LogP contribution in [0.4, 0.5) is 5.88 Å². The highest BCUT2D eigenvalue weighted by Crippen LogP contribution is 2.34. The molecular formula is C27H27N3O3. The van der Waals surface area contributed by atoms with Crippen LogP contribution in [-0.4, -0.2) is 29.1 Å². The van der Waals surface area contributed by atoms with Crippen molar-refractivity contribution in [1.29, 1.82) is 0 Å². The molecule has 0 spiro atoms. The van der Waals surface area contributed by atoms with Crippen LogP contribution in [0, 0.1) is 6.92 Å². The maximum Gasteiger partial charge on any atom is 0.254 e. The molecule has 0 atom stereocenters. The number of hydrogen-bond donors (Lipinski definition) is 0. The van der Waals surface area contributed by atoms with E-state index in [-0.39, 0.29) is 5.91 Å². The Labute approximate surface area is 193 Å². The van der Waals surface area contributed by atoms with E-state index >= 15 is 0 Å². The Hall–Kier alpha value is -3.80. The molecule has 1 saturated heterocycles. The first-order chi connectivity index (χ1) is 16.2. The molecule has 1 fully saturated rings. The van der Waals surface area contributed by atoms with Gasteiger partial charge < -0.3 is 18.7 Å². The van der Waals surface area contributed by atoms with Crippen LogP contribution in [-0.2, 0) is 13.1 Å². The van der Waals surface area contributed by atoms with Gasteiger partial charge in [-0.05, 0) is 44.0 Å². The summed E-state index contributed by atoms with van der Waals surface area (Å²) >= 11 is 0. The van der Waals surface area contributed by atoms with Crippen molar-refractivity contribution in [3.05, 3.63) is 95.4 Å². The van der Waals surface area contributed by atoms with Crippen molar-refractivity contribution in [2.45, 2.75) is 32.9 Å². The fourth-order valence-corrected chi connectivity index (χ4v) is 4.38. The van der Waals surface area contributed by atoms with Crippen LogP contribution in [0.5, 0.6) is 0 Å². The van der Waals surface area contributed by atoms with Crippen molar-refractivity contribution in [1.82, 2.24) is 10.1 Å². The lowest BCUT2D eigenvalue weighted by molar-refractivity contribution is 0.0718. The lowest BCUT2D eigenvalue weighted by Gasteiger charge is -2.24. The summed E-state index contributed by atoms with van der Waals surface area (Å²) in [6.07, 6.45) is 3.88. The Morgan fingerprint density at radius 2 is 1.82 bits per heavy atom. The van der Waals surface area contributed by atoms with E-state index in [0.29, 0.717) is 18.7 Å². The van der Waals surface area contributed by atoms with Gasteiger partial charge in [-0.2, -0.15) is 0 Å². The fourth-order valence-electron chi connectivity index (χ4n) is 4.38. The van der Waals surface area contributed by atoms with Gasteiger partial charge in [0.2, 0.25) is 5.88 Å². The van der Waals surface area contributed by atoms with E-state index in [4.69, 9.17) is 8.94 Å². The Balaban J connectivity index is 1.55. The van der Waals surface area contributed by atoms with Gasteiger partial charge in [0.15, 0.2) is 0 Å². The van der Waals surface area contributed by atoms with Gasteiger partial charge in [-0.1, -0.05) is 53.2 Å². The van der Waals surface area contributed by atoms with E-state index in [0.717, 1.165) is 60.0 Å². The summed E-state index contributed by atoms with van der Waals surface area (Å²) in [5.74, 6) is 1.44. The number of nitrogens with zero attached hydrogens (tertiary/aromatic N) is 3. The molecule has 33 heavy (non-hydrogen) atoms. The average Bonchev–Trinajstić information content (AvgIpc) is 3.61. The van der Waals surface area contributed by atoms with Crippen molar-refractivity contribution in [3.8, 4) is 11.3 Å². The zero-order chi connectivity index (χ0) is 22.6. The predicted molar refractivity (Wildman–Crippen MR) is 127 cm³/mol. The highest BCUT2D eigenvalue weighted by Gasteiger charge is 2.28. The third-order valence-corrected chi connectivity index (χ3v) is 6.04. The van der Waals surface area contributed by atoms with Crippen LogP contribution in [0.1, 0.15) is 40.1 Å². The molecule has 0 bridgehead atoms. The second-order valence-corrected chi connectivity index (χ2v) is 8.49. The molecule has 2 aromatic carbocycles. The maximum atomic E-state index is 13.6. The molecule has 2 aromatic heterocycles. The Morgan fingerprint density at radius 3 is 2.55 bits per heavy atom. The zero-order valence-corrected chi connectivity index (χ0v) is 18.7. The van der Waals surface area contributed by atoms with Crippen LogP contribution in [0.2, 0.25) is 0 Å². The standard InChI is InChI=1S/C27H27N3O3/c1-20-9-7-12-22(17-20)26(31)30(18-23-13-8-16-32-23)19-24-25(21-10-3-2-4-11-21)28-33-27(24)29-14-5-6-15-29/h2-4,7-13,16-17H,5-6,14-15,18-19H2,1H3. The summed E-state index contributed by atoms with van der Waals surface area (Å²) in [7, 11) is 0. The molecule has 6 heteroatoms. The molecule has 4 aromatic rings. The summed E-state index contributed by atoms with van der Waals surface area (Å²) in [6.45, 7) is 4.58. The molecule has 6 nitrogen and oxygen atoms in total. The average molecular weight is 442 g/mol. The minimum absolute atomic E-state index is 0.0531. The summed E-state index contributed by atoms with van der Waals surface area (Å²) in [5.41, 5.74) is 4.38. The topological polar surface area (TPSA) is 62.7 Å². The van der Waals surface area contributed by atoms with E-state index in [1.807, 2.05) is 78.6 Å². The monoisotopic (exact) mass is 441 g/mol. The number of carbonyl (C=O) groups is 1. The summed E-state index contributed by atoms with van der Waals surface area (Å²) < 4.78 is 11.5. The molecule has 0 saturated carbocycles. The van der Waals surface area contributed by atoms with E-state index in [9.17, 15) is 4.79 Å². The van der Waals surface area contributed by atoms with Crippen molar-refractivity contribution in [2.24, 2.45) is 0 Å². The van der Waals surface area contributed by atoms with Crippen LogP contribution in [0.15, 0.2) is 81.9 Å². The molecule has 1 aliphatic rings. The second kappa shape index (κ2) is 9.36. The first kappa shape index (κ1) is 21.1. The predicted octanol–water partition coefficient (Wildman–Crippen LogP) is 5.69. The molecule has 0 unspecified atom stereocenters. The van der Waals surface area contributed by atoms with Crippen molar-refractivity contribution >= 4 is 11.8 Å². The van der Waals surface area contributed by atoms with Gasteiger partial charge in [-0.15, -0.1) is 0 Å². The summed E-state index contributed by atoms with van der Waals surface area (Å²) in [4.78, 5) is 17.7. The van der Waals surface area contributed by atoms with Crippen molar-refractivity contribution in [3.63, 3.8) is 0 Å². The normalized spacial score (nSPS) is 13.4. The van der Waals surface area contributed by atoms with Crippen molar-refractivity contribution in [2.75, 3.05) is 18.0 Å². The first-order valence-electron chi connectivity index (χ1n) is 11.4. The Kier molecular flexibility index (Phi) is 5.98. The molecule has 0 N–H and O–H groups in total. The van der Waals surface area contributed by atoms with E-state index in [2.05, 4.69) is 10.1 Å². The minimum atomic E-state index is -0.0531. The number of rotatable bonds is 7. The maximum absolute atomic E-state index is 13.6. The van der Waals surface area contributed by atoms with Gasteiger partial charge in [0.1, 0.15) is 11.5 Å². The first-order valence-corrected chi connectivity index (χ1v) is 11.4. The third-order valence-electron chi connectivity index (χ3n) is 6.04. The lowest BCUT2D eigenvalue weighted by Crippen LogP contribution is -2.31. The minimum Gasteiger partial charge on any atom is -0.467 e. The smallest absolute Gasteiger partial charge is 0.254 e. The molecule has 5 rings (SSSR count). The Morgan fingerprint density at radius 1 is 1.00 bits per heavy atom. The number of aromatic nitrogens is 1. The largest absolute Gasteiger partial charge is 0.467 e. The van der Waals surface area contributed by atoms with Crippen LogP contribution in [0.25, 0.3) is 11.3 Å². The summed E-state index contributed by atoms with van der Waals surface area (Å²) in [6, 6.07) is 21.4. The number of anilines is 1. The van der Waals surface area contributed by atoms with Crippen molar-refractivity contribution < 1.29 is 13.7 Å². The second-order valence-electron chi connectivity index (χ2n) is 8.49. The molecular weight excluding hydrogens is 414 g/mol. The van der Waals surface area contributed by atoms with Gasteiger partial charge >= 0.3 is 0 Å². The van der Waals surface area contributed by atoms with Crippen LogP contribution < -0.4 is 4.90 Å². The highest BCUT2D eigenvalue weighted by atomic mass is 16.5. The number of hydrogen-bond acceptors (Lipinski definition) is 5. The third kappa shape index (κ3) is 4.55. The Bertz CT molecular complexity index is 1210. The number of furan rings is 1. The number of benzene rings is 2. The molecule has 168 valence electrons. The van der Waals surface area contributed by atoms with Gasteiger partial charge in [-0.3, -0.25) is 4.79 Å². The van der Waals surface area contributed by atoms with Gasteiger partial charge in [-0.25, -0.2) is 0 Å². The number of aryl methyl sites for hydroxylation is 1. The quantitative estimate of drug-likeness (QED) is 0.369. The van der Waals surface area contributed by atoms with Crippen LogP contribution in [0.3, 0.4) is 0 Å². The number of amides is 1. The van der Waals surface area contributed by atoms with Gasteiger partial charge in [0.25, 0.3) is 5.91 Å². The zero-order valence-electron chi connectivity index (χ0n) is 18.7. The lowest BCUT2D eigenvalue weighted by atomic mass is 10.1. The fraction of sp³-hybridized carbons (Fsp3) is 0.259. The van der Waals surface area contributed by atoms with Gasteiger partial charge in [0.05, 0.1) is 24.9 Å². The molecule has 0 aliphatic carbocycles. The molecule has 0 radical (unpaired) electrons. The van der Waals surface area contributed by atoms with Gasteiger partial charge in [0, 0.05) is 24.2 Å². The SMILES string of the molecule is Cc1cccc(C(=O)N(Cc2ccco2)Cc2c(-c3ccccc3)noc2N2CCCC2)c1. The van der Waals surface area contributed by atoms with E-state index in [1.165, 1.54) is 0 Å². The summed E-state index contributed by atoms with van der Waals surface area (Å²) in [5, 5.41) is 4.45.